The fourth-order valence-electron chi connectivity index (χ4n) is 2.10. The Morgan fingerprint density at radius 1 is 0.923 bits per heavy atom. The van der Waals surface area contributed by atoms with E-state index in [1.54, 1.807) is 30.3 Å². The van der Waals surface area contributed by atoms with Gasteiger partial charge in [0.1, 0.15) is 0 Å². The summed E-state index contributed by atoms with van der Waals surface area (Å²) in [6.45, 7) is 0.347. The minimum atomic E-state index is -0.475. The molecule has 0 radical (unpaired) electrons. The number of benzene rings is 2. The van der Waals surface area contributed by atoms with E-state index in [0.29, 0.717) is 29.9 Å². The van der Waals surface area contributed by atoms with E-state index < -0.39 is 6.03 Å². The fourth-order valence-corrected chi connectivity index (χ4v) is 3.76. The number of carbonyl (C=O) groups excluding carboxylic acids is 2. The predicted octanol–water partition coefficient (Wildman–Crippen LogP) is 4.73. The zero-order chi connectivity index (χ0) is 19.1. The standard InChI is InChI=1S/C17H16Br3N3O3/c18-10-2-3-14(16(25)21-4-1-5-24)15(9-10)23-17(26)22-13-7-11(19)6-12(20)8-13/h2-3,6-9,24H,1,4-5H2,(H,21,25)(H2,22,23,26). The van der Waals surface area contributed by atoms with E-state index in [2.05, 4.69) is 63.7 Å². The molecule has 3 amide bonds. The molecule has 6 nitrogen and oxygen atoms in total. The van der Waals surface area contributed by atoms with Gasteiger partial charge in [0, 0.05) is 32.3 Å². The van der Waals surface area contributed by atoms with Gasteiger partial charge in [0.05, 0.1) is 11.3 Å². The van der Waals surface area contributed by atoms with Gasteiger partial charge in [-0.25, -0.2) is 4.79 Å². The number of aliphatic hydroxyl groups is 1. The van der Waals surface area contributed by atoms with E-state index in [9.17, 15) is 9.59 Å². The summed E-state index contributed by atoms with van der Waals surface area (Å²) in [4.78, 5) is 24.6. The van der Waals surface area contributed by atoms with Crippen LogP contribution in [0.1, 0.15) is 16.8 Å². The average Bonchev–Trinajstić information content (AvgIpc) is 2.53. The van der Waals surface area contributed by atoms with Crippen LogP contribution in [0.2, 0.25) is 0 Å². The maximum absolute atomic E-state index is 12.3. The number of amides is 3. The fraction of sp³-hybridized carbons (Fsp3) is 0.176. The number of hydrogen-bond donors (Lipinski definition) is 4. The molecule has 0 unspecified atom stereocenters. The first-order valence-electron chi connectivity index (χ1n) is 7.62. The third-order valence-electron chi connectivity index (χ3n) is 3.22. The SMILES string of the molecule is O=C(Nc1cc(Br)cc(Br)c1)Nc1cc(Br)ccc1C(=O)NCCCO. The largest absolute Gasteiger partial charge is 0.396 e. The molecular weight excluding hydrogens is 534 g/mol. The van der Waals surface area contributed by atoms with Crippen LogP contribution in [-0.2, 0) is 0 Å². The second-order valence-electron chi connectivity index (χ2n) is 5.26. The van der Waals surface area contributed by atoms with E-state index in [-0.39, 0.29) is 12.5 Å². The molecule has 0 spiro atoms. The Labute approximate surface area is 176 Å². The van der Waals surface area contributed by atoms with Crippen LogP contribution < -0.4 is 16.0 Å². The van der Waals surface area contributed by atoms with Gasteiger partial charge >= 0.3 is 6.03 Å². The lowest BCUT2D eigenvalue weighted by Crippen LogP contribution is -2.27. The molecule has 2 aromatic rings. The van der Waals surface area contributed by atoms with Crippen molar-refractivity contribution >= 4 is 71.1 Å². The van der Waals surface area contributed by atoms with Crippen molar-refractivity contribution in [1.29, 1.82) is 0 Å². The third kappa shape index (κ3) is 6.39. The maximum Gasteiger partial charge on any atom is 0.323 e. The summed E-state index contributed by atoms with van der Waals surface area (Å²) in [7, 11) is 0. The number of rotatable bonds is 6. The van der Waals surface area contributed by atoms with Crippen molar-refractivity contribution in [2.75, 3.05) is 23.8 Å². The second-order valence-corrected chi connectivity index (χ2v) is 8.01. The van der Waals surface area contributed by atoms with Crippen LogP contribution in [0.3, 0.4) is 0 Å². The Bertz CT molecular complexity index is 795. The van der Waals surface area contributed by atoms with Crippen molar-refractivity contribution < 1.29 is 14.7 Å². The van der Waals surface area contributed by atoms with Gasteiger partial charge in [0.2, 0.25) is 0 Å². The highest BCUT2D eigenvalue weighted by Gasteiger charge is 2.14. The second kappa shape index (κ2) is 10.1. The topological polar surface area (TPSA) is 90.5 Å². The average molecular weight is 550 g/mol. The van der Waals surface area contributed by atoms with Crippen LogP contribution in [0.25, 0.3) is 0 Å². The van der Waals surface area contributed by atoms with Gasteiger partial charge in [-0.05, 0) is 42.8 Å². The first kappa shape index (κ1) is 20.9. The Hall–Kier alpha value is -1.42. The molecule has 2 aromatic carbocycles. The molecule has 0 fully saturated rings. The van der Waals surface area contributed by atoms with E-state index in [0.717, 1.165) is 13.4 Å². The summed E-state index contributed by atoms with van der Waals surface area (Å²) in [5, 5.41) is 16.9. The zero-order valence-electron chi connectivity index (χ0n) is 13.5. The van der Waals surface area contributed by atoms with Crippen molar-refractivity contribution in [2.45, 2.75) is 6.42 Å². The number of aliphatic hydroxyl groups excluding tert-OH is 1. The molecule has 9 heteroatoms. The molecular formula is C17H16Br3N3O3. The van der Waals surface area contributed by atoms with Gasteiger partial charge in [-0.15, -0.1) is 0 Å². The molecule has 0 aliphatic rings. The minimum Gasteiger partial charge on any atom is -0.396 e. The van der Waals surface area contributed by atoms with Gasteiger partial charge in [-0.2, -0.15) is 0 Å². The van der Waals surface area contributed by atoms with Crippen LogP contribution in [0, 0.1) is 0 Å². The number of nitrogens with one attached hydrogen (secondary N) is 3. The lowest BCUT2D eigenvalue weighted by Gasteiger charge is -2.13. The predicted molar refractivity (Wildman–Crippen MR) is 113 cm³/mol. The zero-order valence-corrected chi connectivity index (χ0v) is 18.2. The third-order valence-corrected chi connectivity index (χ3v) is 4.62. The molecule has 0 saturated carbocycles. The Morgan fingerprint density at radius 3 is 2.27 bits per heavy atom. The maximum atomic E-state index is 12.3. The number of hydrogen-bond acceptors (Lipinski definition) is 3. The monoisotopic (exact) mass is 547 g/mol. The molecule has 0 aromatic heterocycles. The van der Waals surface area contributed by atoms with E-state index >= 15 is 0 Å². The molecule has 26 heavy (non-hydrogen) atoms. The van der Waals surface area contributed by atoms with E-state index in [1.807, 2.05) is 6.07 Å². The normalized spacial score (nSPS) is 10.3. The molecule has 4 N–H and O–H groups in total. The molecule has 0 atom stereocenters. The summed E-state index contributed by atoms with van der Waals surface area (Å²) in [6, 6.07) is 9.88. The van der Waals surface area contributed by atoms with Crippen molar-refractivity contribution in [2.24, 2.45) is 0 Å². The summed E-state index contributed by atoms with van der Waals surface area (Å²) in [6.07, 6.45) is 0.462. The van der Waals surface area contributed by atoms with Gasteiger partial charge < -0.3 is 21.1 Å². The molecule has 138 valence electrons. The summed E-state index contributed by atoms with van der Waals surface area (Å²) >= 11 is 10.1. The molecule has 0 saturated heterocycles. The highest BCUT2D eigenvalue weighted by Crippen LogP contribution is 2.25. The highest BCUT2D eigenvalue weighted by molar-refractivity contribution is 9.11. The van der Waals surface area contributed by atoms with E-state index in [1.165, 1.54) is 0 Å². The highest BCUT2D eigenvalue weighted by atomic mass is 79.9. The molecule has 0 aliphatic carbocycles. The quantitative estimate of drug-likeness (QED) is 0.393. The van der Waals surface area contributed by atoms with Crippen LogP contribution in [0.15, 0.2) is 49.8 Å². The van der Waals surface area contributed by atoms with Crippen LogP contribution >= 0.6 is 47.8 Å². The van der Waals surface area contributed by atoms with Crippen molar-refractivity contribution in [1.82, 2.24) is 5.32 Å². The van der Waals surface area contributed by atoms with Crippen molar-refractivity contribution in [3.8, 4) is 0 Å². The Morgan fingerprint density at radius 2 is 1.62 bits per heavy atom. The lowest BCUT2D eigenvalue weighted by atomic mass is 10.1. The van der Waals surface area contributed by atoms with E-state index in [4.69, 9.17) is 5.11 Å². The summed E-state index contributed by atoms with van der Waals surface area (Å²) in [5.74, 6) is -0.327. The van der Waals surface area contributed by atoms with Gasteiger partial charge in [0.15, 0.2) is 0 Å². The Balaban J connectivity index is 2.13. The van der Waals surface area contributed by atoms with Gasteiger partial charge in [-0.1, -0.05) is 47.8 Å². The number of anilines is 2. The van der Waals surface area contributed by atoms with Crippen LogP contribution in [-0.4, -0.2) is 30.2 Å². The van der Waals surface area contributed by atoms with Gasteiger partial charge in [0.25, 0.3) is 5.91 Å². The summed E-state index contributed by atoms with van der Waals surface area (Å²) < 4.78 is 2.35. The molecule has 0 bridgehead atoms. The first-order chi connectivity index (χ1) is 12.4. The molecule has 2 rings (SSSR count). The summed E-state index contributed by atoms with van der Waals surface area (Å²) in [5.41, 5.74) is 1.29. The lowest BCUT2D eigenvalue weighted by molar-refractivity contribution is 0.0952. The van der Waals surface area contributed by atoms with Crippen LogP contribution in [0.5, 0.6) is 0 Å². The molecule has 0 aliphatic heterocycles. The van der Waals surface area contributed by atoms with Crippen LogP contribution in [0.4, 0.5) is 16.2 Å². The smallest absolute Gasteiger partial charge is 0.323 e. The number of urea groups is 1. The first-order valence-corrected chi connectivity index (χ1v) is 9.99. The van der Waals surface area contributed by atoms with Crippen molar-refractivity contribution in [3.05, 3.63) is 55.4 Å². The minimum absolute atomic E-state index is 0.00365. The number of halogens is 3. The number of carbonyl (C=O) groups is 2. The Kier molecular flexibility index (Phi) is 8.08. The van der Waals surface area contributed by atoms with Gasteiger partial charge in [-0.3, -0.25) is 4.79 Å². The van der Waals surface area contributed by atoms with Crippen molar-refractivity contribution in [3.63, 3.8) is 0 Å². The molecule has 0 heterocycles.